The topological polar surface area (TPSA) is 104 Å². The minimum Gasteiger partial charge on any atom is -0.485 e. The Labute approximate surface area is 159 Å². The molecular formula is C17H17N5O4S. The van der Waals surface area contributed by atoms with Crippen molar-refractivity contribution in [2.24, 2.45) is 7.05 Å². The summed E-state index contributed by atoms with van der Waals surface area (Å²) in [4.78, 5) is 12.0. The molecule has 0 aliphatic carbocycles. The summed E-state index contributed by atoms with van der Waals surface area (Å²) in [6.07, 6.45) is -0.362. The maximum Gasteiger partial charge on any atom is 0.236 e. The number of anilines is 1. The molecule has 0 bridgehead atoms. The van der Waals surface area contributed by atoms with Gasteiger partial charge in [-0.1, -0.05) is 29.1 Å². The Hall–Kier alpha value is -3.01. The number of nitrogens with zero attached hydrogens (tertiary/aromatic N) is 4. The zero-order valence-electron chi connectivity index (χ0n) is 14.7. The Morgan fingerprint density at radius 2 is 2.15 bits per heavy atom. The number of para-hydroxylation sites is 2. The maximum atomic E-state index is 12.0. The Bertz CT molecular complexity index is 970. The number of amides is 1. The monoisotopic (exact) mass is 387 g/mol. The zero-order chi connectivity index (χ0) is 18.8. The molecule has 1 aliphatic rings. The predicted octanol–water partition coefficient (Wildman–Crippen LogP) is 2.35. The van der Waals surface area contributed by atoms with Crippen molar-refractivity contribution in [3.8, 4) is 11.5 Å². The second kappa shape index (κ2) is 7.31. The van der Waals surface area contributed by atoms with Crippen LogP contribution in [-0.2, 0) is 11.8 Å². The van der Waals surface area contributed by atoms with Crippen molar-refractivity contribution in [1.82, 2.24) is 19.9 Å². The summed E-state index contributed by atoms with van der Waals surface area (Å²) < 4.78 is 18.4. The minimum absolute atomic E-state index is 0.169. The maximum absolute atomic E-state index is 12.0. The molecule has 0 unspecified atom stereocenters. The van der Waals surface area contributed by atoms with Crippen molar-refractivity contribution in [1.29, 1.82) is 0 Å². The summed E-state index contributed by atoms with van der Waals surface area (Å²) in [7, 11) is 1.83. The molecule has 3 aromatic rings. The lowest BCUT2D eigenvalue weighted by Crippen LogP contribution is -2.24. The number of thioether (sulfide) groups is 1. The van der Waals surface area contributed by atoms with Gasteiger partial charge in [0.25, 0.3) is 0 Å². The van der Waals surface area contributed by atoms with Crippen LogP contribution in [0.3, 0.4) is 0 Å². The quantitative estimate of drug-likeness (QED) is 0.665. The molecule has 1 aromatic carbocycles. The van der Waals surface area contributed by atoms with E-state index in [4.69, 9.17) is 14.0 Å². The summed E-state index contributed by atoms with van der Waals surface area (Å²) in [6.45, 7) is 2.10. The van der Waals surface area contributed by atoms with Crippen LogP contribution in [0.5, 0.6) is 11.5 Å². The Morgan fingerprint density at radius 1 is 1.33 bits per heavy atom. The summed E-state index contributed by atoms with van der Waals surface area (Å²) >= 11 is 1.27. The molecule has 1 aliphatic heterocycles. The first-order valence-corrected chi connectivity index (χ1v) is 9.22. The molecule has 10 heteroatoms. The largest absolute Gasteiger partial charge is 0.485 e. The minimum atomic E-state index is -0.362. The number of aromatic nitrogens is 4. The van der Waals surface area contributed by atoms with Crippen molar-refractivity contribution < 1.29 is 18.8 Å². The van der Waals surface area contributed by atoms with Gasteiger partial charge in [0.15, 0.2) is 34.4 Å². The molecule has 0 saturated carbocycles. The standard InChI is InChI=1S/C17H17N5O4S/c1-10-7-14(21-26-10)18-15(23)9-27-17-20-19-16(22(17)2)13-8-24-11-5-3-4-6-12(11)25-13/h3-7,13H,8-9H2,1-2H3,(H,18,21,23)/t13-/m1/s1. The number of ether oxygens (including phenoxy) is 2. The SMILES string of the molecule is Cc1cc(NC(=O)CSc2nnc([C@H]3COc4ccccc4O3)n2C)no1. The average Bonchev–Trinajstić information content (AvgIpc) is 3.25. The van der Waals surface area contributed by atoms with Crippen LogP contribution in [0.15, 0.2) is 40.0 Å². The van der Waals surface area contributed by atoms with Gasteiger partial charge in [-0.05, 0) is 19.1 Å². The highest BCUT2D eigenvalue weighted by atomic mass is 32.2. The molecule has 140 valence electrons. The van der Waals surface area contributed by atoms with Crippen molar-refractivity contribution in [3.63, 3.8) is 0 Å². The third kappa shape index (κ3) is 3.75. The molecule has 9 nitrogen and oxygen atoms in total. The van der Waals surface area contributed by atoms with E-state index in [1.54, 1.807) is 17.6 Å². The van der Waals surface area contributed by atoms with Gasteiger partial charge in [-0.25, -0.2) is 0 Å². The van der Waals surface area contributed by atoms with Gasteiger partial charge in [-0.3, -0.25) is 4.79 Å². The first kappa shape index (κ1) is 17.4. The number of carbonyl (C=O) groups is 1. The van der Waals surface area contributed by atoms with Gasteiger partial charge in [0.1, 0.15) is 12.4 Å². The average molecular weight is 387 g/mol. The summed E-state index contributed by atoms with van der Waals surface area (Å²) in [5.74, 6) is 3.01. The summed E-state index contributed by atoms with van der Waals surface area (Å²) in [5.41, 5.74) is 0. The van der Waals surface area contributed by atoms with Crippen molar-refractivity contribution in [2.75, 3.05) is 17.7 Å². The van der Waals surface area contributed by atoms with Gasteiger partial charge < -0.3 is 23.9 Å². The molecule has 1 N–H and O–H groups in total. The molecule has 0 radical (unpaired) electrons. The third-order valence-electron chi connectivity index (χ3n) is 3.89. The highest BCUT2D eigenvalue weighted by Gasteiger charge is 2.27. The molecule has 4 rings (SSSR count). The second-order valence-corrected chi connectivity index (χ2v) is 6.87. The van der Waals surface area contributed by atoms with E-state index in [2.05, 4.69) is 20.7 Å². The van der Waals surface area contributed by atoms with Crippen LogP contribution in [-0.4, -0.2) is 38.2 Å². The number of hydrogen-bond acceptors (Lipinski definition) is 8. The second-order valence-electron chi connectivity index (χ2n) is 5.92. The first-order valence-electron chi connectivity index (χ1n) is 8.24. The lowest BCUT2D eigenvalue weighted by molar-refractivity contribution is -0.113. The van der Waals surface area contributed by atoms with Crippen LogP contribution in [0, 0.1) is 6.92 Å². The highest BCUT2D eigenvalue weighted by Crippen LogP contribution is 2.35. The molecule has 0 spiro atoms. The fraction of sp³-hybridized carbons (Fsp3) is 0.294. The molecule has 1 amide bonds. The fourth-order valence-corrected chi connectivity index (χ4v) is 3.33. The lowest BCUT2D eigenvalue weighted by Gasteiger charge is -2.25. The Morgan fingerprint density at radius 3 is 2.93 bits per heavy atom. The number of aryl methyl sites for hydroxylation is 1. The normalized spacial score (nSPS) is 15.6. The van der Waals surface area contributed by atoms with Crippen molar-refractivity contribution in [3.05, 3.63) is 41.9 Å². The smallest absolute Gasteiger partial charge is 0.236 e. The molecule has 0 fully saturated rings. The number of nitrogens with one attached hydrogen (secondary N) is 1. The number of rotatable bonds is 5. The molecule has 1 atom stereocenters. The van der Waals surface area contributed by atoms with Crippen LogP contribution in [0.2, 0.25) is 0 Å². The van der Waals surface area contributed by atoms with Crippen molar-refractivity contribution >= 4 is 23.5 Å². The van der Waals surface area contributed by atoms with Crippen LogP contribution < -0.4 is 14.8 Å². The van der Waals surface area contributed by atoms with E-state index >= 15 is 0 Å². The van der Waals surface area contributed by atoms with Gasteiger partial charge in [0.05, 0.1) is 5.75 Å². The van der Waals surface area contributed by atoms with E-state index < -0.39 is 0 Å². The van der Waals surface area contributed by atoms with Crippen LogP contribution >= 0.6 is 11.8 Å². The van der Waals surface area contributed by atoms with Gasteiger partial charge in [0.2, 0.25) is 5.91 Å². The zero-order valence-corrected chi connectivity index (χ0v) is 15.5. The van der Waals surface area contributed by atoms with Crippen LogP contribution in [0.1, 0.15) is 17.7 Å². The molecule has 2 aromatic heterocycles. The van der Waals surface area contributed by atoms with E-state index in [0.29, 0.717) is 40.7 Å². The Balaban J connectivity index is 1.38. The van der Waals surface area contributed by atoms with E-state index in [0.717, 1.165) is 0 Å². The van der Waals surface area contributed by atoms with Crippen LogP contribution in [0.25, 0.3) is 0 Å². The number of hydrogen-bond donors (Lipinski definition) is 1. The van der Waals surface area contributed by atoms with Gasteiger partial charge >= 0.3 is 0 Å². The van der Waals surface area contributed by atoms with Gasteiger partial charge in [-0.15, -0.1) is 10.2 Å². The predicted molar refractivity (Wildman–Crippen MR) is 96.9 cm³/mol. The van der Waals surface area contributed by atoms with E-state index in [1.165, 1.54) is 11.8 Å². The number of benzene rings is 1. The van der Waals surface area contributed by atoms with E-state index in [-0.39, 0.29) is 17.8 Å². The fourth-order valence-electron chi connectivity index (χ4n) is 2.61. The van der Waals surface area contributed by atoms with Gasteiger partial charge in [0, 0.05) is 13.1 Å². The lowest BCUT2D eigenvalue weighted by atomic mass is 10.2. The third-order valence-corrected chi connectivity index (χ3v) is 4.91. The summed E-state index contributed by atoms with van der Waals surface area (Å²) in [5, 5.41) is 15.4. The Kier molecular flexibility index (Phi) is 4.71. The van der Waals surface area contributed by atoms with Crippen LogP contribution in [0.4, 0.5) is 5.82 Å². The van der Waals surface area contributed by atoms with Gasteiger partial charge in [-0.2, -0.15) is 0 Å². The molecule has 3 heterocycles. The molecular weight excluding hydrogens is 370 g/mol. The highest BCUT2D eigenvalue weighted by molar-refractivity contribution is 7.99. The molecule has 27 heavy (non-hydrogen) atoms. The molecule has 0 saturated heterocycles. The summed E-state index contributed by atoms with van der Waals surface area (Å²) in [6, 6.07) is 9.14. The number of carbonyl (C=O) groups excluding carboxylic acids is 1. The van der Waals surface area contributed by atoms with E-state index in [1.807, 2.05) is 31.3 Å². The number of fused-ring (bicyclic) bond motifs is 1. The first-order chi connectivity index (χ1) is 13.1. The van der Waals surface area contributed by atoms with Crippen molar-refractivity contribution in [2.45, 2.75) is 18.2 Å². The van der Waals surface area contributed by atoms with E-state index in [9.17, 15) is 4.79 Å².